The van der Waals surface area contributed by atoms with Crippen LogP contribution in [0.1, 0.15) is 5.69 Å². The van der Waals surface area contributed by atoms with E-state index >= 15 is 0 Å². The van der Waals surface area contributed by atoms with Gasteiger partial charge in [-0.2, -0.15) is 0 Å². The molecule has 2 aromatic rings. The van der Waals surface area contributed by atoms with Gasteiger partial charge in [0.2, 0.25) is 0 Å². The summed E-state index contributed by atoms with van der Waals surface area (Å²) < 4.78 is 0. The summed E-state index contributed by atoms with van der Waals surface area (Å²) in [6, 6.07) is 5.55. The first-order valence-electron chi connectivity index (χ1n) is 4.46. The SMILES string of the molecule is OCC=Cc1cc2cc(Cl)c(Cl)cc2[nH]1. The summed E-state index contributed by atoms with van der Waals surface area (Å²) >= 11 is 11.8. The quantitative estimate of drug-likeness (QED) is 0.830. The molecule has 0 saturated heterocycles. The highest BCUT2D eigenvalue weighted by Gasteiger charge is 2.03. The maximum atomic E-state index is 8.65. The van der Waals surface area contributed by atoms with Gasteiger partial charge in [-0.3, -0.25) is 0 Å². The van der Waals surface area contributed by atoms with Crippen molar-refractivity contribution in [3.63, 3.8) is 0 Å². The summed E-state index contributed by atoms with van der Waals surface area (Å²) in [5.74, 6) is 0. The van der Waals surface area contributed by atoms with Crippen LogP contribution in [0.2, 0.25) is 10.0 Å². The van der Waals surface area contributed by atoms with Crippen LogP contribution in [-0.2, 0) is 0 Å². The van der Waals surface area contributed by atoms with Gasteiger partial charge >= 0.3 is 0 Å². The highest BCUT2D eigenvalue weighted by Crippen LogP contribution is 2.28. The van der Waals surface area contributed by atoms with Crippen LogP contribution in [0.4, 0.5) is 0 Å². The van der Waals surface area contributed by atoms with Gasteiger partial charge in [0.05, 0.1) is 16.7 Å². The fourth-order valence-corrected chi connectivity index (χ4v) is 1.75. The zero-order valence-electron chi connectivity index (χ0n) is 7.80. The second kappa shape index (κ2) is 4.27. The zero-order valence-corrected chi connectivity index (χ0v) is 9.31. The fraction of sp³-hybridized carbons (Fsp3) is 0.0909. The van der Waals surface area contributed by atoms with Gasteiger partial charge in [-0.15, -0.1) is 0 Å². The number of benzene rings is 1. The first-order chi connectivity index (χ1) is 7.20. The Balaban J connectivity index is 2.51. The van der Waals surface area contributed by atoms with Crippen LogP contribution in [-0.4, -0.2) is 16.7 Å². The van der Waals surface area contributed by atoms with Gasteiger partial charge in [-0.05, 0) is 24.3 Å². The lowest BCUT2D eigenvalue weighted by atomic mass is 10.2. The maximum Gasteiger partial charge on any atom is 0.0616 e. The van der Waals surface area contributed by atoms with Gasteiger partial charge in [-0.25, -0.2) is 0 Å². The number of H-pyrrole nitrogens is 1. The smallest absolute Gasteiger partial charge is 0.0616 e. The number of hydrogen-bond acceptors (Lipinski definition) is 1. The summed E-state index contributed by atoms with van der Waals surface area (Å²) in [4.78, 5) is 3.16. The molecule has 2 N–H and O–H groups in total. The minimum Gasteiger partial charge on any atom is -0.392 e. The molecule has 0 spiro atoms. The molecule has 4 heteroatoms. The molecule has 1 aromatic carbocycles. The molecule has 78 valence electrons. The molecule has 1 aromatic heterocycles. The lowest BCUT2D eigenvalue weighted by Gasteiger charge is -1.94. The van der Waals surface area contributed by atoms with E-state index in [1.165, 1.54) is 0 Å². The fourth-order valence-electron chi connectivity index (χ4n) is 1.42. The normalized spacial score (nSPS) is 11.7. The third kappa shape index (κ3) is 2.17. The number of fused-ring (bicyclic) bond motifs is 1. The molecule has 0 aliphatic rings. The lowest BCUT2D eigenvalue weighted by Crippen LogP contribution is -1.73. The van der Waals surface area contributed by atoms with Crippen molar-refractivity contribution in [2.45, 2.75) is 0 Å². The molecular formula is C11H9Cl2NO. The zero-order chi connectivity index (χ0) is 10.8. The van der Waals surface area contributed by atoms with E-state index in [1.807, 2.05) is 18.2 Å². The first kappa shape index (κ1) is 10.6. The van der Waals surface area contributed by atoms with Gasteiger partial charge in [0.1, 0.15) is 0 Å². The van der Waals surface area contributed by atoms with Crippen molar-refractivity contribution >= 4 is 40.2 Å². The van der Waals surface area contributed by atoms with E-state index in [-0.39, 0.29) is 6.61 Å². The van der Waals surface area contributed by atoms with Crippen molar-refractivity contribution in [1.29, 1.82) is 0 Å². The third-order valence-corrected chi connectivity index (χ3v) is 2.81. The van der Waals surface area contributed by atoms with Crippen LogP contribution < -0.4 is 0 Å². The van der Waals surface area contributed by atoms with Crippen molar-refractivity contribution < 1.29 is 5.11 Å². The molecule has 0 fully saturated rings. The molecule has 2 rings (SSSR count). The lowest BCUT2D eigenvalue weighted by molar-refractivity contribution is 0.343. The van der Waals surface area contributed by atoms with Crippen molar-refractivity contribution in [2.75, 3.05) is 6.61 Å². The summed E-state index contributed by atoms with van der Waals surface area (Å²) in [5, 5.41) is 10.7. The predicted octanol–water partition coefficient (Wildman–Crippen LogP) is 3.48. The topological polar surface area (TPSA) is 36.0 Å². The van der Waals surface area contributed by atoms with Crippen LogP contribution in [0, 0.1) is 0 Å². The largest absolute Gasteiger partial charge is 0.392 e. The molecule has 0 bridgehead atoms. The van der Waals surface area contributed by atoms with Crippen LogP contribution in [0.3, 0.4) is 0 Å². The number of aromatic nitrogens is 1. The van der Waals surface area contributed by atoms with E-state index in [1.54, 1.807) is 12.1 Å². The molecule has 0 aliphatic heterocycles. The molecule has 15 heavy (non-hydrogen) atoms. The van der Waals surface area contributed by atoms with Crippen molar-refractivity contribution in [3.8, 4) is 0 Å². The van der Waals surface area contributed by atoms with E-state index in [9.17, 15) is 0 Å². The van der Waals surface area contributed by atoms with Gasteiger partial charge in [0.15, 0.2) is 0 Å². The van der Waals surface area contributed by atoms with E-state index in [4.69, 9.17) is 28.3 Å². The molecule has 0 atom stereocenters. The molecular weight excluding hydrogens is 233 g/mol. The predicted molar refractivity (Wildman–Crippen MR) is 64.4 cm³/mol. The number of nitrogens with one attached hydrogen (secondary N) is 1. The molecule has 0 saturated carbocycles. The minimum absolute atomic E-state index is 0.0247. The van der Waals surface area contributed by atoms with E-state index in [0.29, 0.717) is 10.0 Å². The Morgan fingerprint density at radius 3 is 2.67 bits per heavy atom. The number of rotatable bonds is 2. The molecule has 2 nitrogen and oxygen atoms in total. The number of aliphatic hydroxyl groups excluding tert-OH is 1. The molecule has 0 radical (unpaired) electrons. The van der Waals surface area contributed by atoms with E-state index in [2.05, 4.69) is 4.98 Å². The van der Waals surface area contributed by atoms with Crippen molar-refractivity contribution in [3.05, 3.63) is 40.0 Å². The van der Waals surface area contributed by atoms with Gasteiger partial charge in [0, 0.05) is 16.6 Å². The Labute approximate surface area is 97.1 Å². The number of aliphatic hydroxyl groups is 1. The van der Waals surface area contributed by atoms with Gasteiger partial charge < -0.3 is 10.1 Å². The monoisotopic (exact) mass is 241 g/mol. The second-order valence-electron chi connectivity index (χ2n) is 3.16. The molecule has 0 aliphatic carbocycles. The Morgan fingerprint density at radius 2 is 1.93 bits per heavy atom. The average molecular weight is 242 g/mol. The standard InChI is InChI=1S/C11H9Cl2NO/c12-9-5-7-4-8(2-1-3-15)14-11(7)6-10(9)13/h1-2,4-6,14-15H,3H2. The number of aromatic amines is 1. The molecule has 0 unspecified atom stereocenters. The maximum absolute atomic E-state index is 8.65. The van der Waals surface area contributed by atoms with E-state index in [0.717, 1.165) is 16.6 Å². The van der Waals surface area contributed by atoms with Crippen LogP contribution in [0.5, 0.6) is 0 Å². The Morgan fingerprint density at radius 1 is 1.20 bits per heavy atom. The molecule has 0 amide bonds. The van der Waals surface area contributed by atoms with Crippen molar-refractivity contribution in [1.82, 2.24) is 4.98 Å². The average Bonchev–Trinajstić information content (AvgIpc) is 2.58. The number of hydrogen-bond donors (Lipinski definition) is 2. The summed E-state index contributed by atoms with van der Waals surface area (Å²) in [6.45, 7) is 0.0247. The third-order valence-electron chi connectivity index (χ3n) is 2.09. The highest BCUT2D eigenvalue weighted by atomic mass is 35.5. The van der Waals surface area contributed by atoms with Gasteiger partial charge in [-0.1, -0.05) is 29.3 Å². The van der Waals surface area contributed by atoms with E-state index < -0.39 is 0 Å². The summed E-state index contributed by atoms with van der Waals surface area (Å²) in [6.07, 6.45) is 3.47. The van der Waals surface area contributed by atoms with Gasteiger partial charge in [0.25, 0.3) is 0 Å². The minimum atomic E-state index is 0.0247. The Hall–Kier alpha value is -0.960. The van der Waals surface area contributed by atoms with Crippen LogP contribution in [0.25, 0.3) is 17.0 Å². The molecule has 1 heterocycles. The summed E-state index contributed by atoms with van der Waals surface area (Å²) in [5.41, 5.74) is 1.85. The Bertz CT molecular complexity index is 478. The first-order valence-corrected chi connectivity index (χ1v) is 5.21. The number of halogens is 2. The van der Waals surface area contributed by atoms with Crippen LogP contribution in [0.15, 0.2) is 24.3 Å². The Kier molecular flexibility index (Phi) is 3.00. The van der Waals surface area contributed by atoms with Crippen molar-refractivity contribution in [2.24, 2.45) is 0 Å². The second-order valence-corrected chi connectivity index (χ2v) is 3.98. The van der Waals surface area contributed by atoms with Crippen LogP contribution >= 0.6 is 23.2 Å². The highest BCUT2D eigenvalue weighted by molar-refractivity contribution is 6.42. The summed E-state index contributed by atoms with van der Waals surface area (Å²) in [7, 11) is 0.